The lowest BCUT2D eigenvalue weighted by Crippen LogP contribution is -2.34. The predicted octanol–water partition coefficient (Wildman–Crippen LogP) is 4.16. The van der Waals surface area contributed by atoms with Gasteiger partial charge in [-0.05, 0) is 43.4 Å². The minimum atomic E-state index is -0.534. The first kappa shape index (κ1) is 19.7. The smallest absolute Gasteiger partial charge is 0.340 e. The molecule has 0 saturated carbocycles. The molecule has 0 radical (unpaired) electrons. The van der Waals surface area contributed by atoms with Crippen LogP contribution < -0.4 is 9.64 Å². The molecular weight excluding hydrogens is 360 g/mol. The molecule has 2 aromatic rings. The van der Waals surface area contributed by atoms with Crippen molar-refractivity contribution in [2.24, 2.45) is 0 Å². The van der Waals surface area contributed by atoms with E-state index >= 15 is 0 Å². The van der Waals surface area contributed by atoms with E-state index in [1.807, 2.05) is 18.2 Å². The van der Waals surface area contributed by atoms with E-state index in [0.29, 0.717) is 11.6 Å². The van der Waals surface area contributed by atoms with Crippen molar-refractivity contribution in [1.82, 2.24) is 0 Å². The zero-order valence-electron chi connectivity index (χ0n) is 16.1. The van der Waals surface area contributed by atoms with Crippen molar-refractivity contribution < 1.29 is 19.2 Å². The number of nitro benzene ring substituents is 1. The molecule has 1 aliphatic rings. The number of hydrogen-bond donors (Lipinski definition) is 0. The van der Waals surface area contributed by atoms with Crippen molar-refractivity contribution in [3.05, 3.63) is 63.7 Å². The van der Waals surface area contributed by atoms with Crippen LogP contribution in [-0.4, -0.2) is 37.7 Å². The van der Waals surface area contributed by atoms with Gasteiger partial charge in [0.25, 0.3) is 5.69 Å². The lowest BCUT2D eigenvalue weighted by atomic mass is 9.88. The maximum Gasteiger partial charge on any atom is 0.340 e. The number of non-ortho nitro benzene ring substituents is 1. The van der Waals surface area contributed by atoms with E-state index in [4.69, 9.17) is 9.47 Å². The van der Waals surface area contributed by atoms with Gasteiger partial charge in [-0.2, -0.15) is 0 Å². The number of methoxy groups -OCH3 is 1. The third kappa shape index (κ3) is 4.08. The van der Waals surface area contributed by atoms with Crippen molar-refractivity contribution in [3.63, 3.8) is 0 Å². The molecule has 1 saturated heterocycles. The molecule has 1 aliphatic heterocycles. The van der Waals surface area contributed by atoms with E-state index in [0.717, 1.165) is 31.7 Å². The van der Waals surface area contributed by atoms with Crippen LogP contribution in [0.1, 0.15) is 41.6 Å². The van der Waals surface area contributed by atoms with Crippen LogP contribution in [0.2, 0.25) is 0 Å². The maximum absolute atomic E-state index is 12.4. The van der Waals surface area contributed by atoms with Crippen LogP contribution in [0.5, 0.6) is 5.75 Å². The highest BCUT2D eigenvalue weighted by molar-refractivity contribution is 5.96. The average molecular weight is 384 g/mol. The molecule has 1 heterocycles. The molecule has 0 aliphatic carbocycles. The standard InChI is InChI=1S/C21H24N2O5/c1-3-28-21(24)18-14-16(23(25)26)8-9-19(18)22-12-10-15(11-13-22)17-6-4-5-7-20(17)27-2/h4-9,14-15H,3,10-13H2,1-2H3. The Hall–Kier alpha value is -3.09. The zero-order chi connectivity index (χ0) is 20.1. The Bertz CT molecular complexity index is 860. The highest BCUT2D eigenvalue weighted by atomic mass is 16.6. The van der Waals surface area contributed by atoms with Gasteiger partial charge in [-0.1, -0.05) is 18.2 Å². The first-order chi connectivity index (χ1) is 13.5. The van der Waals surface area contributed by atoms with Crippen molar-refractivity contribution >= 4 is 17.3 Å². The Kier molecular flexibility index (Phi) is 6.13. The van der Waals surface area contributed by atoms with Gasteiger partial charge >= 0.3 is 5.97 Å². The first-order valence-electron chi connectivity index (χ1n) is 9.38. The normalized spacial score (nSPS) is 14.6. The number of benzene rings is 2. The summed E-state index contributed by atoms with van der Waals surface area (Å²) in [6.45, 7) is 3.42. The minimum absolute atomic E-state index is 0.115. The number of nitro groups is 1. The second-order valence-electron chi connectivity index (χ2n) is 6.68. The maximum atomic E-state index is 12.4. The highest BCUT2D eigenvalue weighted by Gasteiger charge is 2.27. The summed E-state index contributed by atoms with van der Waals surface area (Å²) in [4.78, 5) is 25.1. The number of rotatable bonds is 6. The molecule has 3 rings (SSSR count). The lowest BCUT2D eigenvalue weighted by molar-refractivity contribution is -0.384. The van der Waals surface area contributed by atoms with E-state index < -0.39 is 10.9 Å². The molecule has 148 valence electrons. The second-order valence-corrected chi connectivity index (χ2v) is 6.68. The number of piperidine rings is 1. The SMILES string of the molecule is CCOC(=O)c1cc([N+](=O)[O-])ccc1N1CCC(c2ccccc2OC)CC1. The summed E-state index contributed by atoms with van der Waals surface area (Å²) in [6.07, 6.45) is 1.80. The summed E-state index contributed by atoms with van der Waals surface area (Å²) in [6, 6.07) is 12.4. The molecule has 2 aromatic carbocycles. The first-order valence-corrected chi connectivity index (χ1v) is 9.38. The van der Waals surface area contributed by atoms with Crippen molar-refractivity contribution in [3.8, 4) is 5.75 Å². The van der Waals surface area contributed by atoms with E-state index in [1.54, 1.807) is 20.1 Å². The minimum Gasteiger partial charge on any atom is -0.496 e. The summed E-state index contributed by atoms with van der Waals surface area (Å²) < 4.78 is 10.6. The Morgan fingerprint density at radius 1 is 1.21 bits per heavy atom. The number of esters is 1. The number of anilines is 1. The Balaban J connectivity index is 1.81. The van der Waals surface area contributed by atoms with Gasteiger partial charge in [0.15, 0.2) is 0 Å². The van der Waals surface area contributed by atoms with Gasteiger partial charge in [0.2, 0.25) is 0 Å². The van der Waals surface area contributed by atoms with E-state index in [1.165, 1.54) is 17.7 Å². The van der Waals surface area contributed by atoms with Crippen LogP contribution in [0.3, 0.4) is 0 Å². The number of nitrogens with zero attached hydrogens (tertiary/aromatic N) is 2. The number of hydrogen-bond acceptors (Lipinski definition) is 6. The molecule has 0 atom stereocenters. The third-order valence-corrected chi connectivity index (χ3v) is 5.10. The van der Waals surface area contributed by atoms with Crippen LogP contribution >= 0.6 is 0 Å². The summed E-state index contributed by atoms with van der Waals surface area (Å²) in [5.41, 5.74) is 2.00. The Morgan fingerprint density at radius 3 is 2.57 bits per heavy atom. The number of carbonyl (C=O) groups is 1. The van der Waals surface area contributed by atoms with Gasteiger partial charge in [0.05, 0.1) is 29.9 Å². The Morgan fingerprint density at radius 2 is 1.93 bits per heavy atom. The summed E-state index contributed by atoms with van der Waals surface area (Å²) in [7, 11) is 1.68. The van der Waals surface area contributed by atoms with Gasteiger partial charge in [0.1, 0.15) is 5.75 Å². The molecule has 0 spiro atoms. The van der Waals surface area contributed by atoms with Crippen molar-refractivity contribution in [2.45, 2.75) is 25.7 Å². The van der Waals surface area contributed by atoms with Gasteiger partial charge < -0.3 is 14.4 Å². The predicted molar refractivity (Wildman–Crippen MR) is 106 cm³/mol. The largest absolute Gasteiger partial charge is 0.496 e. The van der Waals surface area contributed by atoms with Crippen LogP contribution in [0, 0.1) is 10.1 Å². The van der Waals surface area contributed by atoms with Crippen LogP contribution in [0.25, 0.3) is 0 Å². The molecule has 0 bridgehead atoms. The molecule has 7 nitrogen and oxygen atoms in total. The third-order valence-electron chi connectivity index (χ3n) is 5.10. The Labute approximate surface area is 164 Å². The summed E-state index contributed by atoms with van der Waals surface area (Å²) in [5.74, 6) is 0.730. The monoisotopic (exact) mass is 384 g/mol. The van der Waals surface area contributed by atoms with Gasteiger partial charge in [-0.15, -0.1) is 0 Å². The average Bonchev–Trinajstić information content (AvgIpc) is 2.73. The second kappa shape index (κ2) is 8.73. The summed E-state index contributed by atoms with van der Waals surface area (Å²) >= 11 is 0. The highest BCUT2D eigenvalue weighted by Crippen LogP contribution is 2.36. The van der Waals surface area contributed by atoms with E-state index in [-0.39, 0.29) is 17.9 Å². The molecule has 7 heteroatoms. The van der Waals surface area contributed by atoms with E-state index in [9.17, 15) is 14.9 Å². The fourth-order valence-electron chi connectivity index (χ4n) is 3.72. The molecule has 0 amide bonds. The number of ether oxygens (including phenoxy) is 2. The molecule has 28 heavy (non-hydrogen) atoms. The molecular formula is C21H24N2O5. The summed E-state index contributed by atoms with van der Waals surface area (Å²) in [5, 5.41) is 11.1. The fourth-order valence-corrected chi connectivity index (χ4v) is 3.72. The fraction of sp³-hybridized carbons (Fsp3) is 0.381. The van der Waals surface area contributed by atoms with E-state index in [2.05, 4.69) is 11.0 Å². The van der Waals surface area contributed by atoms with Gasteiger partial charge in [-0.3, -0.25) is 10.1 Å². The van der Waals surface area contributed by atoms with Gasteiger partial charge in [0, 0.05) is 25.2 Å². The van der Waals surface area contributed by atoms with Crippen LogP contribution in [0.15, 0.2) is 42.5 Å². The molecule has 0 N–H and O–H groups in total. The topological polar surface area (TPSA) is 81.9 Å². The van der Waals surface area contributed by atoms with Crippen molar-refractivity contribution in [2.75, 3.05) is 31.7 Å². The van der Waals surface area contributed by atoms with Crippen LogP contribution in [-0.2, 0) is 4.74 Å². The van der Waals surface area contributed by atoms with Gasteiger partial charge in [-0.25, -0.2) is 4.79 Å². The van der Waals surface area contributed by atoms with Crippen molar-refractivity contribution in [1.29, 1.82) is 0 Å². The quantitative estimate of drug-likeness (QED) is 0.422. The lowest BCUT2D eigenvalue weighted by Gasteiger charge is -2.35. The molecule has 1 fully saturated rings. The van der Waals surface area contributed by atoms with Crippen LogP contribution in [0.4, 0.5) is 11.4 Å². The number of carbonyl (C=O) groups excluding carboxylic acids is 1. The zero-order valence-corrected chi connectivity index (χ0v) is 16.1. The number of para-hydroxylation sites is 1. The molecule has 0 unspecified atom stereocenters. The molecule has 0 aromatic heterocycles.